The summed E-state index contributed by atoms with van der Waals surface area (Å²) in [7, 11) is 0. The molecule has 1 heterocycles. The molecule has 3 amide bonds. The standard InChI is InChI=1S/C17H30N4O6S/c1-9(17(26)27)19-14(23)12-5-4-7-21(12)16(25)11(6-8-28-3)20-15(24)13(18)10(2)22/h9-13,22H,4-8,18H2,1-3H3,(H,19,23)(H,20,24)(H,26,27). The van der Waals surface area contributed by atoms with Crippen molar-refractivity contribution in [1.29, 1.82) is 0 Å². The minimum Gasteiger partial charge on any atom is -0.480 e. The topological polar surface area (TPSA) is 162 Å². The average molecular weight is 419 g/mol. The molecule has 0 bridgehead atoms. The van der Waals surface area contributed by atoms with Crippen LogP contribution in [0.5, 0.6) is 0 Å². The zero-order chi connectivity index (χ0) is 21.4. The number of carboxylic acid groups (broad SMARTS) is 1. The maximum atomic E-state index is 13.0. The van der Waals surface area contributed by atoms with Crippen LogP contribution in [0.2, 0.25) is 0 Å². The summed E-state index contributed by atoms with van der Waals surface area (Å²) in [6.07, 6.45) is 2.15. The van der Waals surface area contributed by atoms with E-state index in [0.29, 0.717) is 31.6 Å². The molecule has 1 fully saturated rings. The van der Waals surface area contributed by atoms with Crippen molar-refractivity contribution in [2.24, 2.45) is 5.73 Å². The van der Waals surface area contributed by atoms with Crippen molar-refractivity contribution < 1.29 is 29.4 Å². The third-order valence-electron chi connectivity index (χ3n) is 4.62. The number of aliphatic hydroxyl groups excluding tert-OH is 1. The third kappa shape index (κ3) is 6.64. The van der Waals surface area contributed by atoms with Gasteiger partial charge in [0.2, 0.25) is 17.7 Å². The summed E-state index contributed by atoms with van der Waals surface area (Å²) in [5, 5.41) is 23.4. The second kappa shape index (κ2) is 11.2. The Bertz CT molecular complexity index is 588. The Hall–Kier alpha value is -1.85. The Labute approximate surface area is 168 Å². The van der Waals surface area contributed by atoms with Crippen LogP contribution < -0.4 is 16.4 Å². The second-order valence-corrected chi connectivity index (χ2v) is 7.85. The SMILES string of the molecule is CSCCC(NC(=O)C(N)C(C)O)C(=O)N1CCCC1C(=O)NC(C)C(=O)O. The third-order valence-corrected chi connectivity index (χ3v) is 5.26. The van der Waals surface area contributed by atoms with Gasteiger partial charge in [-0.1, -0.05) is 0 Å². The van der Waals surface area contributed by atoms with Crippen LogP contribution in [0.4, 0.5) is 0 Å². The molecular weight excluding hydrogens is 388 g/mol. The number of aliphatic hydroxyl groups is 1. The molecule has 1 aliphatic rings. The number of nitrogens with zero attached hydrogens (tertiary/aromatic N) is 1. The molecule has 5 atom stereocenters. The fraction of sp³-hybridized carbons (Fsp3) is 0.765. The van der Waals surface area contributed by atoms with Gasteiger partial charge in [0, 0.05) is 6.54 Å². The Balaban J connectivity index is 2.89. The first kappa shape index (κ1) is 24.2. The lowest BCUT2D eigenvalue weighted by Crippen LogP contribution is -2.57. The van der Waals surface area contributed by atoms with Crippen LogP contribution in [-0.2, 0) is 19.2 Å². The predicted octanol–water partition coefficient (Wildman–Crippen LogP) is -1.49. The molecule has 1 rings (SSSR count). The van der Waals surface area contributed by atoms with E-state index in [1.807, 2.05) is 6.26 Å². The molecule has 0 aromatic heterocycles. The van der Waals surface area contributed by atoms with Crippen molar-refractivity contribution in [2.45, 2.75) is 63.4 Å². The summed E-state index contributed by atoms with van der Waals surface area (Å²) in [6.45, 7) is 3.07. The van der Waals surface area contributed by atoms with E-state index in [2.05, 4.69) is 10.6 Å². The molecule has 0 aromatic carbocycles. The maximum absolute atomic E-state index is 13.0. The number of likely N-dealkylation sites (tertiary alicyclic amines) is 1. The van der Waals surface area contributed by atoms with Gasteiger partial charge in [0.05, 0.1) is 6.10 Å². The highest BCUT2D eigenvalue weighted by Crippen LogP contribution is 2.20. The molecule has 5 unspecified atom stereocenters. The molecular formula is C17H30N4O6S. The van der Waals surface area contributed by atoms with Gasteiger partial charge < -0.3 is 31.5 Å². The first-order valence-electron chi connectivity index (χ1n) is 9.16. The number of nitrogens with one attached hydrogen (secondary N) is 2. The van der Waals surface area contributed by atoms with Gasteiger partial charge in [0.15, 0.2) is 0 Å². The summed E-state index contributed by atoms with van der Waals surface area (Å²) in [5.41, 5.74) is 5.64. The van der Waals surface area contributed by atoms with E-state index < -0.39 is 54.0 Å². The van der Waals surface area contributed by atoms with E-state index in [1.165, 1.54) is 30.5 Å². The Morgan fingerprint density at radius 3 is 2.43 bits per heavy atom. The fourth-order valence-corrected chi connectivity index (χ4v) is 3.33. The number of carboxylic acids is 1. The highest BCUT2D eigenvalue weighted by atomic mass is 32.2. The molecule has 0 radical (unpaired) electrons. The lowest BCUT2D eigenvalue weighted by Gasteiger charge is -2.30. The Kier molecular flexibility index (Phi) is 9.70. The van der Waals surface area contributed by atoms with Gasteiger partial charge in [0.1, 0.15) is 24.2 Å². The molecule has 10 nitrogen and oxygen atoms in total. The molecule has 0 aliphatic carbocycles. The summed E-state index contributed by atoms with van der Waals surface area (Å²) in [6, 6.07) is -3.90. The second-order valence-electron chi connectivity index (χ2n) is 6.87. The van der Waals surface area contributed by atoms with Gasteiger partial charge in [0.25, 0.3) is 0 Å². The first-order chi connectivity index (χ1) is 13.1. The lowest BCUT2D eigenvalue weighted by molar-refractivity contribution is -0.144. The van der Waals surface area contributed by atoms with Crippen LogP contribution in [0, 0.1) is 0 Å². The Morgan fingerprint density at radius 1 is 1.25 bits per heavy atom. The molecule has 11 heteroatoms. The van der Waals surface area contributed by atoms with Crippen LogP contribution in [0.15, 0.2) is 0 Å². The van der Waals surface area contributed by atoms with Crippen LogP contribution >= 0.6 is 11.8 Å². The van der Waals surface area contributed by atoms with Crippen molar-refractivity contribution >= 4 is 35.5 Å². The molecule has 1 saturated heterocycles. The molecule has 160 valence electrons. The molecule has 0 aromatic rings. The summed E-state index contributed by atoms with van der Waals surface area (Å²) in [5.74, 6) is -2.16. The van der Waals surface area contributed by atoms with Gasteiger partial charge in [-0.3, -0.25) is 19.2 Å². The number of amides is 3. The average Bonchev–Trinajstić information content (AvgIpc) is 3.13. The monoisotopic (exact) mass is 418 g/mol. The van der Waals surface area contributed by atoms with E-state index >= 15 is 0 Å². The van der Waals surface area contributed by atoms with Crippen LogP contribution in [0.3, 0.4) is 0 Å². The van der Waals surface area contributed by atoms with E-state index in [0.717, 1.165) is 0 Å². The van der Waals surface area contributed by atoms with Gasteiger partial charge in [-0.15, -0.1) is 0 Å². The van der Waals surface area contributed by atoms with Crippen LogP contribution in [0.25, 0.3) is 0 Å². The Morgan fingerprint density at radius 2 is 1.89 bits per heavy atom. The minimum absolute atomic E-state index is 0.340. The van der Waals surface area contributed by atoms with Crippen molar-refractivity contribution in [2.75, 3.05) is 18.6 Å². The summed E-state index contributed by atoms with van der Waals surface area (Å²) >= 11 is 1.50. The van der Waals surface area contributed by atoms with Crippen LogP contribution in [-0.4, -0.2) is 87.6 Å². The molecule has 1 aliphatic heterocycles. The smallest absolute Gasteiger partial charge is 0.325 e. The highest BCUT2D eigenvalue weighted by Gasteiger charge is 2.38. The number of carbonyl (C=O) groups excluding carboxylic acids is 3. The summed E-state index contributed by atoms with van der Waals surface area (Å²) < 4.78 is 0. The zero-order valence-corrected chi connectivity index (χ0v) is 17.2. The normalized spacial score (nSPS) is 20.8. The molecule has 28 heavy (non-hydrogen) atoms. The van der Waals surface area contributed by atoms with Crippen molar-refractivity contribution in [3.63, 3.8) is 0 Å². The number of hydrogen-bond donors (Lipinski definition) is 5. The number of nitrogens with two attached hydrogens (primary N) is 1. The lowest BCUT2D eigenvalue weighted by atomic mass is 10.1. The van der Waals surface area contributed by atoms with Gasteiger partial charge in [-0.2, -0.15) is 11.8 Å². The summed E-state index contributed by atoms with van der Waals surface area (Å²) in [4.78, 5) is 50.0. The predicted molar refractivity (Wildman–Crippen MR) is 105 cm³/mol. The highest BCUT2D eigenvalue weighted by molar-refractivity contribution is 7.98. The van der Waals surface area contributed by atoms with Crippen molar-refractivity contribution in [1.82, 2.24) is 15.5 Å². The molecule has 0 saturated carbocycles. The van der Waals surface area contributed by atoms with Gasteiger partial charge >= 0.3 is 5.97 Å². The number of aliphatic carboxylic acids is 1. The van der Waals surface area contributed by atoms with Crippen molar-refractivity contribution in [3.05, 3.63) is 0 Å². The molecule has 6 N–H and O–H groups in total. The maximum Gasteiger partial charge on any atom is 0.325 e. The zero-order valence-electron chi connectivity index (χ0n) is 16.4. The quantitative estimate of drug-likeness (QED) is 0.287. The van der Waals surface area contributed by atoms with E-state index in [-0.39, 0.29) is 0 Å². The van der Waals surface area contributed by atoms with Crippen LogP contribution in [0.1, 0.15) is 33.1 Å². The van der Waals surface area contributed by atoms with Gasteiger partial charge in [-0.05, 0) is 45.1 Å². The van der Waals surface area contributed by atoms with Gasteiger partial charge in [-0.25, -0.2) is 0 Å². The number of thioether (sulfide) groups is 1. The first-order valence-corrected chi connectivity index (χ1v) is 10.6. The van der Waals surface area contributed by atoms with E-state index in [4.69, 9.17) is 10.8 Å². The van der Waals surface area contributed by atoms with Crippen molar-refractivity contribution in [3.8, 4) is 0 Å². The van der Waals surface area contributed by atoms with E-state index in [1.54, 1.807) is 0 Å². The molecule has 0 spiro atoms. The number of carbonyl (C=O) groups is 4. The van der Waals surface area contributed by atoms with E-state index in [9.17, 15) is 24.3 Å². The fourth-order valence-electron chi connectivity index (χ4n) is 2.85. The number of hydrogen-bond acceptors (Lipinski definition) is 7. The largest absolute Gasteiger partial charge is 0.480 e. The number of rotatable bonds is 10. The minimum atomic E-state index is -1.17.